The highest BCUT2D eigenvalue weighted by molar-refractivity contribution is 5.86. The summed E-state index contributed by atoms with van der Waals surface area (Å²) in [5.41, 5.74) is 0.638. The molecule has 1 rings (SSSR count). The molecule has 1 aromatic rings. The van der Waals surface area contributed by atoms with Gasteiger partial charge in [0.05, 0.1) is 12.3 Å². The van der Waals surface area contributed by atoms with Crippen LogP contribution in [0, 0.1) is 0 Å². The number of para-hydroxylation sites is 2. The van der Waals surface area contributed by atoms with Crippen molar-refractivity contribution in [2.24, 2.45) is 0 Å². The van der Waals surface area contributed by atoms with Gasteiger partial charge < -0.3 is 14.4 Å². The van der Waals surface area contributed by atoms with Crippen LogP contribution in [0.25, 0.3) is 0 Å². The second-order valence-electron chi connectivity index (χ2n) is 4.63. The van der Waals surface area contributed by atoms with Crippen molar-refractivity contribution in [2.45, 2.75) is 27.2 Å². The van der Waals surface area contributed by atoms with Crippen LogP contribution in [-0.4, -0.2) is 43.8 Å². The molecular formula is C16H27ClN2O3. The van der Waals surface area contributed by atoms with Gasteiger partial charge >= 0.3 is 6.09 Å². The molecule has 0 aliphatic carbocycles. The Morgan fingerprint density at radius 1 is 1.14 bits per heavy atom. The first-order valence-electron chi connectivity index (χ1n) is 7.59. The van der Waals surface area contributed by atoms with E-state index in [2.05, 4.69) is 24.1 Å². The molecule has 0 heterocycles. The molecule has 0 radical (unpaired) electrons. The van der Waals surface area contributed by atoms with Crippen molar-refractivity contribution in [2.75, 3.05) is 38.2 Å². The Morgan fingerprint density at radius 2 is 1.82 bits per heavy atom. The topological polar surface area (TPSA) is 50.8 Å². The van der Waals surface area contributed by atoms with E-state index in [-0.39, 0.29) is 12.4 Å². The number of nitrogens with zero attached hydrogens (tertiary/aromatic N) is 1. The van der Waals surface area contributed by atoms with Gasteiger partial charge in [-0.2, -0.15) is 0 Å². The highest BCUT2D eigenvalue weighted by Gasteiger charge is 2.08. The van der Waals surface area contributed by atoms with Gasteiger partial charge in [0.15, 0.2) is 0 Å². The normalized spacial score (nSPS) is 10.0. The number of anilines is 1. The molecule has 0 spiro atoms. The predicted molar refractivity (Wildman–Crippen MR) is 92.2 cm³/mol. The monoisotopic (exact) mass is 330 g/mol. The van der Waals surface area contributed by atoms with E-state index in [1.807, 2.05) is 25.1 Å². The number of likely N-dealkylation sites (N-methyl/N-ethyl adjacent to an activating group) is 1. The average Bonchev–Trinajstić information content (AvgIpc) is 2.51. The quantitative estimate of drug-likeness (QED) is 0.748. The molecule has 0 atom stereocenters. The van der Waals surface area contributed by atoms with Crippen molar-refractivity contribution in [1.29, 1.82) is 0 Å². The van der Waals surface area contributed by atoms with Crippen LogP contribution in [0.3, 0.4) is 0 Å². The molecule has 126 valence electrons. The lowest BCUT2D eigenvalue weighted by molar-refractivity contribution is 0.142. The van der Waals surface area contributed by atoms with Crippen LogP contribution in [0.1, 0.15) is 27.2 Å². The molecule has 1 amide bonds. The highest BCUT2D eigenvalue weighted by atomic mass is 35.5. The van der Waals surface area contributed by atoms with E-state index in [1.165, 1.54) is 0 Å². The molecule has 1 N–H and O–H groups in total. The summed E-state index contributed by atoms with van der Waals surface area (Å²) < 4.78 is 10.8. The van der Waals surface area contributed by atoms with Crippen molar-refractivity contribution in [3.63, 3.8) is 0 Å². The summed E-state index contributed by atoms with van der Waals surface area (Å²) in [6, 6.07) is 7.37. The van der Waals surface area contributed by atoms with Gasteiger partial charge in [-0.1, -0.05) is 32.9 Å². The Morgan fingerprint density at radius 3 is 2.45 bits per heavy atom. The fourth-order valence-electron chi connectivity index (χ4n) is 1.86. The largest absolute Gasteiger partial charge is 0.491 e. The summed E-state index contributed by atoms with van der Waals surface area (Å²) in [6.45, 7) is 9.87. The second-order valence-corrected chi connectivity index (χ2v) is 4.63. The number of carbonyl (C=O) groups excluding carboxylic acids is 1. The zero-order valence-electron chi connectivity index (χ0n) is 13.6. The summed E-state index contributed by atoms with van der Waals surface area (Å²) in [6.07, 6.45) is 0.470. The Hall–Kier alpha value is -1.46. The zero-order valence-corrected chi connectivity index (χ0v) is 14.4. The Labute approximate surface area is 139 Å². The minimum atomic E-state index is -0.449. The predicted octanol–water partition coefficient (Wildman–Crippen LogP) is 3.79. The minimum Gasteiger partial charge on any atom is -0.491 e. The first-order valence-corrected chi connectivity index (χ1v) is 7.59. The maximum Gasteiger partial charge on any atom is 0.411 e. The number of halogens is 1. The molecular weight excluding hydrogens is 304 g/mol. The van der Waals surface area contributed by atoms with Crippen molar-refractivity contribution in [3.8, 4) is 5.75 Å². The van der Waals surface area contributed by atoms with E-state index >= 15 is 0 Å². The van der Waals surface area contributed by atoms with Gasteiger partial charge in [0.1, 0.15) is 12.4 Å². The fourth-order valence-corrected chi connectivity index (χ4v) is 1.86. The number of rotatable bonds is 9. The molecule has 0 unspecified atom stereocenters. The maximum atomic E-state index is 11.8. The SMILES string of the molecule is CCCOc1ccccc1NC(=O)OCCN(CC)CC.Cl. The van der Waals surface area contributed by atoms with Crippen LogP contribution < -0.4 is 10.1 Å². The van der Waals surface area contributed by atoms with E-state index in [1.54, 1.807) is 6.07 Å². The molecule has 5 nitrogen and oxygen atoms in total. The van der Waals surface area contributed by atoms with E-state index in [9.17, 15) is 4.79 Å². The summed E-state index contributed by atoms with van der Waals surface area (Å²) in [4.78, 5) is 14.0. The highest BCUT2D eigenvalue weighted by Crippen LogP contribution is 2.23. The standard InChI is InChI=1S/C16H26N2O3.ClH/c1-4-12-20-15-10-8-7-9-14(15)17-16(19)21-13-11-18(5-2)6-3;/h7-10H,4-6,11-13H2,1-3H3,(H,17,19);1H. The molecule has 0 aliphatic heterocycles. The third kappa shape index (κ3) is 7.52. The lowest BCUT2D eigenvalue weighted by atomic mass is 10.3. The van der Waals surface area contributed by atoms with Crippen LogP contribution in [0.5, 0.6) is 5.75 Å². The first-order chi connectivity index (χ1) is 10.2. The van der Waals surface area contributed by atoms with Crippen molar-refractivity contribution < 1.29 is 14.3 Å². The van der Waals surface area contributed by atoms with Gasteiger partial charge in [-0.15, -0.1) is 12.4 Å². The second kappa shape index (κ2) is 12.1. The third-order valence-corrected chi connectivity index (χ3v) is 3.12. The van der Waals surface area contributed by atoms with Crippen molar-refractivity contribution >= 4 is 24.2 Å². The van der Waals surface area contributed by atoms with E-state index in [0.29, 0.717) is 24.7 Å². The average molecular weight is 331 g/mol. The summed E-state index contributed by atoms with van der Waals surface area (Å²) >= 11 is 0. The van der Waals surface area contributed by atoms with Crippen molar-refractivity contribution in [1.82, 2.24) is 4.90 Å². The number of benzene rings is 1. The van der Waals surface area contributed by atoms with Gasteiger partial charge in [0, 0.05) is 6.54 Å². The van der Waals surface area contributed by atoms with Crippen LogP contribution in [0.15, 0.2) is 24.3 Å². The number of hydrogen-bond acceptors (Lipinski definition) is 4. The van der Waals surface area contributed by atoms with Gasteiger partial charge in [-0.25, -0.2) is 4.79 Å². The molecule has 0 saturated carbocycles. The Bertz CT molecular complexity index is 426. The van der Waals surface area contributed by atoms with E-state index in [0.717, 1.165) is 26.1 Å². The van der Waals surface area contributed by atoms with E-state index < -0.39 is 6.09 Å². The number of nitrogens with one attached hydrogen (secondary N) is 1. The maximum absolute atomic E-state index is 11.8. The van der Waals surface area contributed by atoms with Gasteiger partial charge in [0.25, 0.3) is 0 Å². The van der Waals surface area contributed by atoms with Crippen LogP contribution in [0.4, 0.5) is 10.5 Å². The lowest BCUT2D eigenvalue weighted by Crippen LogP contribution is -2.28. The zero-order chi connectivity index (χ0) is 15.5. The summed E-state index contributed by atoms with van der Waals surface area (Å²) in [7, 11) is 0. The molecule has 22 heavy (non-hydrogen) atoms. The van der Waals surface area contributed by atoms with Crippen LogP contribution >= 0.6 is 12.4 Å². The van der Waals surface area contributed by atoms with Gasteiger partial charge in [0.2, 0.25) is 0 Å². The number of carbonyl (C=O) groups is 1. The molecule has 0 fully saturated rings. The van der Waals surface area contributed by atoms with Crippen molar-refractivity contribution in [3.05, 3.63) is 24.3 Å². The minimum absolute atomic E-state index is 0. The number of hydrogen-bond donors (Lipinski definition) is 1. The molecule has 0 aliphatic rings. The Balaban J connectivity index is 0.00000441. The summed E-state index contributed by atoms with van der Waals surface area (Å²) in [5.74, 6) is 0.667. The lowest BCUT2D eigenvalue weighted by Gasteiger charge is -2.18. The first kappa shape index (κ1) is 20.5. The van der Waals surface area contributed by atoms with Gasteiger partial charge in [-0.3, -0.25) is 5.32 Å². The molecule has 0 bridgehead atoms. The molecule has 0 saturated heterocycles. The van der Waals surface area contributed by atoms with E-state index in [4.69, 9.17) is 9.47 Å². The number of ether oxygens (including phenoxy) is 2. The van der Waals surface area contributed by atoms with Crippen LogP contribution in [-0.2, 0) is 4.74 Å². The van der Waals surface area contributed by atoms with Crippen LogP contribution in [0.2, 0.25) is 0 Å². The third-order valence-electron chi connectivity index (χ3n) is 3.12. The number of amides is 1. The molecule has 6 heteroatoms. The Kier molecular flexibility index (Phi) is 11.3. The molecule has 0 aromatic heterocycles. The summed E-state index contributed by atoms with van der Waals surface area (Å²) in [5, 5.41) is 2.72. The smallest absolute Gasteiger partial charge is 0.411 e. The fraction of sp³-hybridized carbons (Fsp3) is 0.562. The molecule has 1 aromatic carbocycles. The van der Waals surface area contributed by atoms with Gasteiger partial charge in [-0.05, 0) is 31.6 Å².